The maximum Gasteiger partial charge on any atom is 0.243 e. The van der Waals surface area contributed by atoms with Crippen molar-refractivity contribution in [1.82, 2.24) is 9.21 Å². The first-order chi connectivity index (χ1) is 18.2. The lowest BCUT2D eigenvalue weighted by Crippen LogP contribution is -2.44. The molecule has 1 saturated carbocycles. The first kappa shape index (κ1) is 26.8. The molecular weight excluding hydrogens is 578 g/mol. The number of hydrogen-bond acceptors (Lipinski definition) is 4. The number of carbonyl (C=O) groups excluding carboxylic acids is 1. The van der Waals surface area contributed by atoms with E-state index in [0.717, 1.165) is 40.8 Å². The Morgan fingerprint density at radius 2 is 1.50 bits per heavy atom. The third kappa shape index (κ3) is 6.08. The van der Waals surface area contributed by atoms with E-state index in [1.807, 2.05) is 53.4 Å². The van der Waals surface area contributed by atoms with Crippen molar-refractivity contribution in [3.63, 3.8) is 0 Å². The van der Waals surface area contributed by atoms with Gasteiger partial charge < -0.3 is 9.64 Å². The van der Waals surface area contributed by atoms with Gasteiger partial charge in [0, 0.05) is 36.1 Å². The summed E-state index contributed by atoms with van der Waals surface area (Å²) >= 11 is 3.41. The largest absolute Gasteiger partial charge is 0.457 e. The summed E-state index contributed by atoms with van der Waals surface area (Å²) in [7, 11) is -3.96. The van der Waals surface area contributed by atoms with E-state index in [2.05, 4.69) is 15.9 Å². The second-order valence-corrected chi connectivity index (χ2v) is 12.5. The Morgan fingerprint density at radius 3 is 2.08 bits per heavy atom. The summed E-state index contributed by atoms with van der Waals surface area (Å²) in [5, 5.41) is 0. The molecule has 0 atom stereocenters. The number of sulfonamides is 1. The molecule has 200 valence electrons. The smallest absolute Gasteiger partial charge is 0.243 e. The molecule has 6 nitrogen and oxygen atoms in total. The Hall–Kier alpha value is -2.82. The van der Waals surface area contributed by atoms with Crippen LogP contribution in [0.1, 0.15) is 31.2 Å². The zero-order valence-corrected chi connectivity index (χ0v) is 22.9. The standard InChI is InChI=1S/C28H27BrF2N2O4S/c29-21-3-9-24(10-4-21)37-23-7-1-19(2-8-23)18-33(22-5-6-22)28(34)20-13-15-32(16-14-20)38(35,36)25-11-12-26(30)27(31)17-25/h1-4,7-12,17,20,22H,5-6,13-16,18H2. The van der Waals surface area contributed by atoms with Crippen LogP contribution in [0.4, 0.5) is 8.78 Å². The van der Waals surface area contributed by atoms with Crippen molar-refractivity contribution < 1.29 is 26.7 Å². The molecule has 1 aliphatic carbocycles. The third-order valence-corrected chi connectivity index (χ3v) is 9.35. The van der Waals surface area contributed by atoms with Crippen LogP contribution in [-0.2, 0) is 21.4 Å². The van der Waals surface area contributed by atoms with Crippen molar-refractivity contribution in [3.8, 4) is 11.5 Å². The van der Waals surface area contributed by atoms with E-state index < -0.39 is 21.7 Å². The molecule has 3 aromatic carbocycles. The van der Waals surface area contributed by atoms with Gasteiger partial charge in [0.25, 0.3) is 0 Å². The van der Waals surface area contributed by atoms with Crippen molar-refractivity contribution >= 4 is 31.9 Å². The summed E-state index contributed by atoms with van der Waals surface area (Å²) in [6.07, 6.45) is 2.68. The first-order valence-electron chi connectivity index (χ1n) is 12.5. The van der Waals surface area contributed by atoms with Gasteiger partial charge in [-0.2, -0.15) is 4.31 Å². The van der Waals surface area contributed by atoms with E-state index in [1.165, 1.54) is 4.31 Å². The Balaban J connectivity index is 1.20. The normalized spacial score (nSPS) is 16.8. The fraction of sp³-hybridized carbons (Fsp3) is 0.321. The second-order valence-electron chi connectivity index (χ2n) is 9.65. The Bertz CT molecular complexity index is 1410. The van der Waals surface area contributed by atoms with Crippen LogP contribution in [-0.4, -0.2) is 42.7 Å². The highest BCUT2D eigenvalue weighted by Gasteiger charge is 2.38. The van der Waals surface area contributed by atoms with Gasteiger partial charge in [0.15, 0.2) is 11.6 Å². The van der Waals surface area contributed by atoms with Crippen LogP contribution in [0.15, 0.2) is 76.1 Å². The van der Waals surface area contributed by atoms with Gasteiger partial charge in [-0.3, -0.25) is 4.79 Å². The van der Waals surface area contributed by atoms with E-state index in [9.17, 15) is 22.0 Å². The predicted octanol–water partition coefficient (Wildman–Crippen LogP) is 6.11. The number of halogens is 3. The Labute approximate surface area is 229 Å². The lowest BCUT2D eigenvalue weighted by molar-refractivity contribution is -0.138. The van der Waals surface area contributed by atoms with E-state index in [1.54, 1.807) is 0 Å². The molecule has 0 N–H and O–H groups in total. The number of piperidine rings is 1. The minimum Gasteiger partial charge on any atom is -0.457 e. The predicted molar refractivity (Wildman–Crippen MR) is 142 cm³/mol. The van der Waals surface area contributed by atoms with Crippen molar-refractivity contribution in [2.75, 3.05) is 13.1 Å². The zero-order chi connectivity index (χ0) is 26.9. The monoisotopic (exact) mass is 604 g/mol. The van der Waals surface area contributed by atoms with Crippen molar-refractivity contribution in [3.05, 3.63) is 88.4 Å². The van der Waals surface area contributed by atoms with Gasteiger partial charge in [0.05, 0.1) is 4.90 Å². The molecule has 2 aliphatic rings. The minimum atomic E-state index is -3.96. The van der Waals surface area contributed by atoms with E-state index in [-0.39, 0.29) is 35.9 Å². The molecule has 0 radical (unpaired) electrons. The van der Waals surface area contributed by atoms with Crippen molar-refractivity contribution in [1.29, 1.82) is 0 Å². The molecule has 0 unspecified atom stereocenters. The van der Waals surface area contributed by atoms with Gasteiger partial charge in [-0.1, -0.05) is 28.1 Å². The van der Waals surface area contributed by atoms with Crippen LogP contribution >= 0.6 is 15.9 Å². The summed E-state index contributed by atoms with van der Waals surface area (Å²) < 4.78 is 60.8. The quantitative estimate of drug-likeness (QED) is 0.311. The molecule has 1 saturated heterocycles. The number of benzene rings is 3. The van der Waals surface area contributed by atoms with Gasteiger partial charge in [-0.25, -0.2) is 17.2 Å². The SMILES string of the molecule is O=C(C1CCN(S(=O)(=O)c2ccc(F)c(F)c2)CC1)N(Cc1ccc(Oc2ccc(Br)cc2)cc1)C1CC1. The Morgan fingerprint density at radius 1 is 0.895 bits per heavy atom. The highest BCUT2D eigenvalue weighted by Crippen LogP contribution is 2.33. The van der Waals surface area contributed by atoms with Gasteiger partial charge in [0.2, 0.25) is 15.9 Å². The number of amides is 1. The van der Waals surface area contributed by atoms with Crippen LogP contribution in [0.25, 0.3) is 0 Å². The highest BCUT2D eigenvalue weighted by atomic mass is 79.9. The second kappa shape index (κ2) is 11.1. The molecule has 10 heteroatoms. The number of hydrogen-bond donors (Lipinski definition) is 0. The lowest BCUT2D eigenvalue weighted by atomic mass is 9.96. The molecule has 1 amide bonds. The van der Waals surface area contributed by atoms with Crippen LogP contribution in [0.3, 0.4) is 0 Å². The fourth-order valence-corrected chi connectivity index (χ4v) is 6.38. The van der Waals surface area contributed by atoms with E-state index >= 15 is 0 Å². The number of ether oxygens (including phenoxy) is 1. The van der Waals surface area contributed by atoms with E-state index in [0.29, 0.717) is 31.2 Å². The average Bonchev–Trinajstić information content (AvgIpc) is 3.76. The molecule has 38 heavy (non-hydrogen) atoms. The van der Waals surface area contributed by atoms with Crippen LogP contribution in [0.2, 0.25) is 0 Å². The molecule has 2 fully saturated rings. The maximum absolute atomic E-state index is 13.6. The number of nitrogens with zero attached hydrogens (tertiary/aromatic N) is 2. The molecule has 3 aromatic rings. The van der Waals surface area contributed by atoms with Gasteiger partial charge in [-0.15, -0.1) is 0 Å². The molecular formula is C28H27BrF2N2O4S. The lowest BCUT2D eigenvalue weighted by Gasteiger charge is -2.34. The Kier molecular flexibility index (Phi) is 7.83. The summed E-state index contributed by atoms with van der Waals surface area (Å²) in [6, 6.07) is 18.0. The summed E-state index contributed by atoms with van der Waals surface area (Å²) in [6.45, 7) is 0.784. The van der Waals surface area contributed by atoms with Gasteiger partial charge >= 0.3 is 0 Å². The summed E-state index contributed by atoms with van der Waals surface area (Å²) in [5.41, 5.74) is 0.992. The molecule has 1 aliphatic heterocycles. The third-order valence-electron chi connectivity index (χ3n) is 6.93. The average molecular weight is 606 g/mol. The van der Waals surface area contributed by atoms with E-state index in [4.69, 9.17) is 4.74 Å². The number of carbonyl (C=O) groups is 1. The van der Waals surface area contributed by atoms with Gasteiger partial charge in [0.1, 0.15) is 11.5 Å². The van der Waals surface area contributed by atoms with Gasteiger partial charge in [-0.05, 0) is 85.8 Å². The minimum absolute atomic E-state index is 0.0348. The molecule has 0 spiro atoms. The van der Waals surface area contributed by atoms with Crippen LogP contribution in [0.5, 0.6) is 11.5 Å². The summed E-state index contributed by atoms with van der Waals surface area (Å²) in [5.74, 6) is -1.12. The molecule has 5 rings (SSSR count). The zero-order valence-electron chi connectivity index (χ0n) is 20.5. The molecule has 0 aromatic heterocycles. The highest BCUT2D eigenvalue weighted by molar-refractivity contribution is 9.10. The number of rotatable bonds is 8. The maximum atomic E-state index is 13.6. The molecule has 0 bridgehead atoms. The molecule has 1 heterocycles. The van der Waals surface area contributed by atoms with Crippen LogP contribution in [0, 0.1) is 17.6 Å². The van der Waals surface area contributed by atoms with Crippen molar-refractivity contribution in [2.24, 2.45) is 5.92 Å². The fourth-order valence-electron chi connectivity index (χ4n) is 4.64. The first-order valence-corrected chi connectivity index (χ1v) is 14.7. The summed E-state index contributed by atoms with van der Waals surface area (Å²) in [4.78, 5) is 15.1. The van der Waals surface area contributed by atoms with Crippen molar-refractivity contribution in [2.45, 2.75) is 43.2 Å². The van der Waals surface area contributed by atoms with Crippen LogP contribution < -0.4 is 4.74 Å². The topological polar surface area (TPSA) is 66.9 Å².